The molecule has 0 aliphatic heterocycles. The Morgan fingerprint density at radius 3 is 2.50 bits per heavy atom. The molecule has 0 bridgehead atoms. The first-order valence-corrected chi connectivity index (χ1v) is 3.29. The average molecular weight is 142 g/mol. The molecule has 3 heteroatoms. The number of allylic oxidation sites excluding steroid dienone is 2. The summed E-state index contributed by atoms with van der Waals surface area (Å²) in [7, 11) is 0. The molecule has 0 rings (SSSR count). The van der Waals surface area contributed by atoms with E-state index in [2.05, 4.69) is 5.16 Å². The largest absolute Gasteiger partial charge is 0.387 e. The lowest BCUT2D eigenvalue weighted by Gasteiger charge is -2.05. The van der Waals surface area contributed by atoms with Crippen LogP contribution in [-0.2, 0) is 4.84 Å². The van der Waals surface area contributed by atoms with E-state index in [-0.39, 0.29) is 0 Å². The van der Waals surface area contributed by atoms with Crippen LogP contribution in [0.5, 0.6) is 0 Å². The van der Waals surface area contributed by atoms with Gasteiger partial charge < -0.3 is 10.6 Å². The summed E-state index contributed by atoms with van der Waals surface area (Å²) in [6.45, 7) is 5.96. The van der Waals surface area contributed by atoms with E-state index in [1.165, 1.54) is 0 Å². The Balaban J connectivity index is 3.86. The van der Waals surface area contributed by atoms with Crippen LogP contribution < -0.4 is 5.73 Å². The van der Waals surface area contributed by atoms with Gasteiger partial charge in [0.25, 0.3) is 0 Å². The zero-order valence-corrected chi connectivity index (χ0v) is 6.66. The van der Waals surface area contributed by atoms with Crippen LogP contribution in [0.3, 0.4) is 0 Å². The number of rotatable bonds is 3. The molecule has 0 atom stereocenters. The fourth-order valence-corrected chi connectivity index (χ4v) is 0.583. The number of hydrogen-bond acceptors (Lipinski definition) is 2. The predicted octanol–water partition coefficient (Wildman–Crippen LogP) is 1.46. The third kappa shape index (κ3) is 3.12. The monoisotopic (exact) mass is 142 g/mol. The van der Waals surface area contributed by atoms with Gasteiger partial charge in [0, 0.05) is 5.92 Å². The van der Waals surface area contributed by atoms with E-state index < -0.39 is 0 Å². The summed E-state index contributed by atoms with van der Waals surface area (Å²) in [6, 6.07) is 0. The number of nitrogens with two attached hydrogens (primary N) is 1. The molecule has 2 N–H and O–H groups in total. The van der Waals surface area contributed by atoms with E-state index in [0.717, 1.165) is 12.1 Å². The van der Waals surface area contributed by atoms with Crippen LogP contribution in [0.25, 0.3) is 0 Å². The third-order valence-electron chi connectivity index (χ3n) is 1.07. The van der Waals surface area contributed by atoms with Crippen molar-refractivity contribution in [1.82, 2.24) is 0 Å². The molecule has 0 unspecified atom stereocenters. The summed E-state index contributed by atoms with van der Waals surface area (Å²) in [4.78, 5) is 4.91. The summed E-state index contributed by atoms with van der Waals surface area (Å²) < 4.78 is 0. The van der Waals surface area contributed by atoms with E-state index in [1.54, 1.807) is 0 Å². The minimum absolute atomic E-state index is 0.355. The Bertz CT molecular complexity index is 139. The smallest absolute Gasteiger partial charge is 0.133 e. The first-order valence-electron chi connectivity index (χ1n) is 3.29. The van der Waals surface area contributed by atoms with Gasteiger partial charge in [-0.3, -0.25) is 0 Å². The lowest BCUT2D eigenvalue weighted by Crippen LogP contribution is -1.97. The Kier molecular flexibility index (Phi) is 4.37. The highest BCUT2D eigenvalue weighted by molar-refractivity contribution is 5.50. The van der Waals surface area contributed by atoms with Crippen LogP contribution in [0.2, 0.25) is 0 Å². The van der Waals surface area contributed by atoms with Gasteiger partial charge in [-0.1, -0.05) is 19.0 Å². The number of hydrogen-bond donors (Lipinski definition) is 1. The topological polar surface area (TPSA) is 47.6 Å². The number of oxime groups is 1. The van der Waals surface area contributed by atoms with Crippen molar-refractivity contribution < 1.29 is 4.84 Å². The maximum absolute atomic E-state index is 4.99. The second-order valence-corrected chi connectivity index (χ2v) is 2.19. The highest BCUT2D eigenvalue weighted by atomic mass is 16.6. The van der Waals surface area contributed by atoms with Crippen molar-refractivity contribution in [2.75, 3.05) is 0 Å². The molecule has 0 aromatic heterocycles. The van der Waals surface area contributed by atoms with Gasteiger partial charge in [0.1, 0.15) is 12.1 Å². The first kappa shape index (κ1) is 9.01. The van der Waals surface area contributed by atoms with Crippen molar-refractivity contribution in [3.05, 3.63) is 11.8 Å². The van der Waals surface area contributed by atoms with Gasteiger partial charge in [0.2, 0.25) is 0 Å². The SMILES string of the molecule is C/C=C(\O/N=C\N)C(C)C. The maximum Gasteiger partial charge on any atom is 0.133 e. The molecular weight excluding hydrogens is 128 g/mol. The maximum atomic E-state index is 4.99. The van der Waals surface area contributed by atoms with Crippen molar-refractivity contribution in [1.29, 1.82) is 0 Å². The molecular formula is C7H14N2O. The molecule has 0 aliphatic carbocycles. The summed E-state index contributed by atoms with van der Waals surface area (Å²) >= 11 is 0. The van der Waals surface area contributed by atoms with E-state index in [1.807, 2.05) is 26.8 Å². The van der Waals surface area contributed by atoms with Crippen molar-refractivity contribution in [3.8, 4) is 0 Å². The third-order valence-corrected chi connectivity index (χ3v) is 1.07. The predicted molar refractivity (Wildman–Crippen MR) is 42.4 cm³/mol. The van der Waals surface area contributed by atoms with Gasteiger partial charge in [0.05, 0.1) is 0 Å². The van der Waals surface area contributed by atoms with Crippen molar-refractivity contribution in [3.63, 3.8) is 0 Å². The fourth-order valence-electron chi connectivity index (χ4n) is 0.583. The van der Waals surface area contributed by atoms with Gasteiger partial charge in [0.15, 0.2) is 0 Å². The van der Waals surface area contributed by atoms with Gasteiger partial charge in [-0.25, -0.2) is 0 Å². The Morgan fingerprint density at radius 1 is 1.60 bits per heavy atom. The van der Waals surface area contributed by atoms with Gasteiger partial charge >= 0.3 is 0 Å². The lowest BCUT2D eigenvalue weighted by atomic mass is 10.2. The zero-order chi connectivity index (χ0) is 7.98. The quantitative estimate of drug-likeness (QED) is 0.281. The van der Waals surface area contributed by atoms with Crippen molar-refractivity contribution in [2.24, 2.45) is 16.8 Å². The van der Waals surface area contributed by atoms with Crippen LogP contribution in [-0.4, -0.2) is 6.34 Å². The molecule has 0 radical (unpaired) electrons. The Morgan fingerprint density at radius 2 is 2.20 bits per heavy atom. The molecule has 3 nitrogen and oxygen atoms in total. The van der Waals surface area contributed by atoms with Crippen LogP contribution in [0.4, 0.5) is 0 Å². The Labute approximate surface area is 61.5 Å². The minimum Gasteiger partial charge on any atom is -0.387 e. The van der Waals surface area contributed by atoms with Crippen molar-refractivity contribution >= 4 is 6.34 Å². The second-order valence-electron chi connectivity index (χ2n) is 2.19. The number of nitrogens with zero attached hydrogens (tertiary/aromatic N) is 1. The van der Waals surface area contributed by atoms with Crippen LogP contribution in [0, 0.1) is 5.92 Å². The van der Waals surface area contributed by atoms with E-state index in [0.29, 0.717) is 5.92 Å². The lowest BCUT2D eigenvalue weighted by molar-refractivity contribution is 0.198. The average Bonchev–Trinajstić information content (AvgIpc) is 1.89. The fraction of sp³-hybridized carbons (Fsp3) is 0.571. The van der Waals surface area contributed by atoms with E-state index >= 15 is 0 Å². The molecule has 0 saturated heterocycles. The molecule has 0 heterocycles. The Hall–Kier alpha value is -0.990. The second kappa shape index (κ2) is 4.85. The molecule has 0 aliphatic rings. The first-order chi connectivity index (χ1) is 4.72. The van der Waals surface area contributed by atoms with Gasteiger partial charge in [-0.15, -0.1) is 0 Å². The molecule has 58 valence electrons. The molecule has 0 aromatic rings. The van der Waals surface area contributed by atoms with Gasteiger partial charge in [-0.2, -0.15) is 0 Å². The molecule has 10 heavy (non-hydrogen) atoms. The summed E-state index contributed by atoms with van der Waals surface area (Å²) in [5, 5.41) is 3.45. The van der Waals surface area contributed by atoms with E-state index in [4.69, 9.17) is 10.6 Å². The van der Waals surface area contributed by atoms with Crippen molar-refractivity contribution in [2.45, 2.75) is 20.8 Å². The van der Waals surface area contributed by atoms with Crippen LogP contribution >= 0.6 is 0 Å². The molecule has 0 amide bonds. The van der Waals surface area contributed by atoms with Gasteiger partial charge in [-0.05, 0) is 13.0 Å². The normalized spacial score (nSPS) is 13.0. The summed E-state index contributed by atoms with van der Waals surface area (Å²) in [6.07, 6.45) is 3.00. The molecule has 0 saturated carbocycles. The standard InChI is InChI=1S/C7H14N2O/c1-4-7(6(2)3)10-9-5-8/h4-6H,1-3H3,(H2,8,9)/b7-4-. The molecule has 0 fully saturated rings. The highest BCUT2D eigenvalue weighted by Crippen LogP contribution is 2.09. The highest BCUT2D eigenvalue weighted by Gasteiger charge is 2.00. The zero-order valence-electron chi connectivity index (χ0n) is 6.66. The minimum atomic E-state index is 0.355. The van der Waals surface area contributed by atoms with Crippen LogP contribution in [0.1, 0.15) is 20.8 Å². The summed E-state index contributed by atoms with van der Waals surface area (Å²) in [5.41, 5.74) is 4.99. The van der Waals surface area contributed by atoms with Crippen LogP contribution in [0.15, 0.2) is 17.0 Å². The molecule has 0 aromatic carbocycles. The van der Waals surface area contributed by atoms with E-state index in [9.17, 15) is 0 Å². The summed E-state index contributed by atoms with van der Waals surface area (Å²) in [5.74, 6) is 1.19. The molecule has 0 spiro atoms.